The predicted molar refractivity (Wildman–Crippen MR) is 114 cm³/mol. The smallest absolute Gasteiger partial charge is 0.179 e. The molecule has 7 heteroatoms. The van der Waals surface area contributed by atoms with Gasteiger partial charge in [0.05, 0.1) is 42.0 Å². The molecule has 140 valence electrons. The van der Waals surface area contributed by atoms with E-state index in [1.807, 2.05) is 53.2 Å². The number of pyridine rings is 1. The van der Waals surface area contributed by atoms with E-state index < -0.39 is 0 Å². The third kappa shape index (κ3) is 3.16. The van der Waals surface area contributed by atoms with Gasteiger partial charge in [-0.2, -0.15) is 5.10 Å². The van der Waals surface area contributed by atoms with Crippen LogP contribution < -0.4 is 4.90 Å². The Kier molecular flexibility index (Phi) is 4.54. The molecule has 4 heterocycles. The lowest BCUT2D eigenvalue weighted by molar-refractivity contribution is 0.123. The fourth-order valence-electron chi connectivity index (χ4n) is 3.42. The van der Waals surface area contributed by atoms with E-state index in [1.54, 1.807) is 0 Å². The van der Waals surface area contributed by atoms with Gasteiger partial charge in [-0.15, -0.1) is 0 Å². The summed E-state index contributed by atoms with van der Waals surface area (Å²) in [5, 5.41) is 5.58. The topological polar surface area (TPSA) is 55.5 Å². The summed E-state index contributed by atoms with van der Waals surface area (Å²) >= 11 is 3.65. The van der Waals surface area contributed by atoms with E-state index in [0.29, 0.717) is 0 Å². The standard InChI is InChI=1S/C21H18BrN5O/c22-20-18(8-7-16-6-5-15-3-1-2-4-17(15)24-16)25-21-19(9-10-23-27(20)21)26-11-13-28-14-12-26/h1-10H,11-14H2. The predicted octanol–water partition coefficient (Wildman–Crippen LogP) is 4.05. The number of nitrogens with zero attached hydrogens (tertiary/aromatic N) is 5. The van der Waals surface area contributed by atoms with Crippen molar-refractivity contribution in [1.29, 1.82) is 0 Å². The summed E-state index contributed by atoms with van der Waals surface area (Å²) in [7, 11) is 0. The number of para-hydroxylation sites is 1. The number of hydrogen-bond donors (Lipinski definition) is 0. The Morgan fingerprint density at radius 2 is 1.82 bits per heavy atom. The summed E-state index contributed by atoms with van der Waals surface area (Å²) in [6.45, 7) is 3.18. The van der Waals surface area contributed by atoms with Gasteiger partial charge in [0.25, 0.3) is 0 Å². The number of benzene rings is 1. The van der Waals surface area contributed by atoms with Crippen molar-refractivity contribution < 1.29 is 4.74 Å². The minimum absolute atomic E-state index is 0.733. The summed E-state index contributed by atoms with van der Waals surface area (Å²) < 4.78 is 8.13. The molecule has 0 spiro atoms. The minimum atomic E-state index is 0.733. The van der Waals surface area contributed by atoms with E-state index in [2.05, 4.69) is 38.1 Å². The Bertz CT molecular complexity index is 1180. The number of morpholine rings is 1. The number of anilines is 1. The molecule has 1 aromatic carbocycles. The molecule has 0 atom stereocenters. The van der Waals surface area contributed by atoms with Crippen LogP contribution >= 0.6 is 15.9 Å². The summed E-state index contributed by atoms with van der Waals surface area (Å²) in [4.78, 5) is 11.8. The lowest BCUT2D eigenvalue weighted by Crippen LogP contribution is -2.36. The number of imidazole rings is 1. The Hall–Kier alpha value is -2.77. The van der Waals surface area contributed by atoms with E-state index in [-0.39, 0.29) is 0 Å². The highest BCUT2D eigenvalue weighted by Gasteiger charge is 2.18. The van der Waals surface area contributed by atoms with Gasteiger partial charge in [0.2, 0.25) is 0 Å². The number of aromatic nitrogens is 4. The van der Waals surface area contributed by atoms with Crippen LogP contribution in [0.5, 0.6) is 0 Å². The molecule has 6 nitrogen and oxygen atoms in total. The Morgan fingerprint density at radius 3 is 2.71 bits per heavy atom. The van der Waals surface area contributed by atoms with E-state index in [1.165, 1.54) is 0 Å². The number of halogens is 1. The maximum absolute atomic E-state index is 5.47. The first-order chi connectivity index (χ1) is 13.8. The van der Waals surface area contributed by atoms with Crippen molar-refractivity contribution in [1.82, 2.24) is 19.6 Å². The first-order valence-corrected chi connectivity index (χ1v) is 9.99. The molecule has 0 radical (unpaired) electrons. The fourth-order valence-corrected chi connectivity index (χ4v) is 3.90. The molecule has 3 aromatic heterocycles. The molecule has 28 heavy (non-hydrogen) atoms. The molecule has 1 fully saturated rings. The largest absolute Gasteiger partial charge is 0.378 e. The molecule has 0 amide bonds. The summed E-state index contributed by atoms with van der Waals surface area (Å²) in [5.74, 6) is 0. The first kappa shape index (κ1) is 17.3. The Morgan fingerprint density at radius 1 is 0.964 bits per heavy atom. The van der Waals surface area contributed by atoms with Crippen molar-refractivity contribution in [3.8, 4) is 0 Å². The van der Waals surface area contributed by atoms with Gasteiger partial charge in [0.1, 0.15) is 4.60 Å². The lowest BCUT2D eigenvalue weighted by Gasteiger charge is -2.28. The second-order valence-electron chi connectivity index (χ2n) is 6.60. The van der Waals surface area contributed by atoms with Gasteiger partial charge in [-0.1, -0.05) is 24.3 Å². The lowest BCUT2D eigenvalue weighted by atomic mass is 10.2. The normalized spacial score (nSPS) is 15.1. The minimum Gasteiger partial charge on any atom is -0.378 e. The number of hydrogen-bond acceptors (Lipinski definition) is 5. The van der Waals surface area contributed by atoms with Crippen molar-refractivity contribution in [2.45, 2.75) is 0 Å². The molecule has 1 aliphatic heterocycles. The SMILES string of the molecule is Brc1c(C=Cc2ccc3ccccc3n2)nc2c(N3CCOCC3)ccnn12. The zero-order valence-corrected chi connectivity index (χ0v) is 16.7. The molecular weight excluding hydrogens is 418 g/mol. The van der Waals surface area contributed by atoms with Gasteiger partial charge < -0.3 is 9.64 Å². The number of rotatable bonds is 3. The highest BCUT2D eigenvalue weighted by molar-refractivity contribution is 9.10. The molecule has 0 aliphatic carbocycles. The van der Waals surface area contributed by atoms with Crippen LogP contribution in [-0.2, 0) is 4.74 Å². The second-order valence-corrected chi connectivity index (χ2v) is 7.35. The van der Waals surface area contributed by atoms with Crippen LogP contribution in [0.25, 0.3) is 28.7 Å². The van der Waals surface area contributed by atoms with Crippen LogP contribution in [0.15, 0.2) is 53.3 Å². The van der Waals surface area contributed by atoms with Crippen molar-refractivity contribution in [2.75, 3.05) is 31.2 Å². The maximum Gasteiger partial charge on any atom is 0.179 e. The van der Waals surface area contributed by atoms with Crippen molar-refractivity contribution >= 4 is 50.3 Å². The monoisotopic (exact) mass is 435 g/mol. The molecule has 0 saturated carbocycles. The van der Waals surface area contributed by atoms with Crippen molar-refractivity contribution in [3.05, 3.63) is 64.7 Å². The third-order valence-electron chi connectivity index (χ3n) is 4.85. The Balaban J connectivity index is 1.51. The molecular formula is C21H18BrN5O. The van der Waals surface area contributed by atoms with Gasteiger partial charge in [-0.25, -0.2) is 14.5 Å². The number of fused-ring (bicyclic) bond motifs is 2. The van der Waals surface area contributed by atoms with Gasteiger partial charge >= 0.3 is 0 Å². The molecule has 0 N–H and O–H groups in total. The van der Waals surface area contributed by atoms with E-state index in [0.717, 1.165) is 64.5 Å². The molecule has 4 aromatic rings. The van der Waals surface area contributed by atoms with Crippen molar-refractivity contribution in [2.24, 2.45) is 0 Å². The highest BCUT2D eigenvalue weighted by atomic mass is 79.9. The van der Waals surface area contributed by atoms with E-state index in [4.69, 9.17) is 14.7 Å². The fraction of sp³-hybridized carbons (Fsp3) is 0.190. The molecule has 1 aliphatic rings. The van der Waals surface area contributed by atoms with Gasteiger partial charge in [-0.05, 0) is 46.3 Å². The summed E-state index contributed by atoms with van der Waals surface area (Å²) in [5.41, 5.74) is 4.60. The van der Waals surface area contributed by atoms with Crippen molar-refractivity contribution in [3.63, 3.8) is 0 Å². The van der Waals surface area contributed by atoms with E-state index in [9.17, 15) is 0 Å². The first-order valence-electron chi connectivity index (χ1n) is 9.19. The number of ether oxygens (including phenoxy) is 1. The van der Waals surface area contributed by atoms with Gasteiger partial charge in [0.15, 0.2) is 5.65 Å². The molecule has 5 rings (SSSR count). The highest BCUT2D eigenvalue weighted by Crippen LogP contribution is 2.27. The average Bonchev–Trinajstić information content (AvgIpc) is 3.08. The third-order valence-corrected chi connectivity index (χ3v) is 5.59. The quantitative estimate of drug-likeness (QED) is 0.485. The van der Waals surface area contributed by atoms with E-state index >= 15 is 0 Å². The van der Waals surface area contributed by atoms with Crippen LogP contribution in [0.2, 0.25) is 0 Å². The van der Waals surface area contributed by atoms with Crippen LogP contribution in [0.1, 0.15) is 11.4 Å². The van der Waals surface area contributed by atoms with Crippen LogP contribution in [-0.4, -0.2) is 45.9 Å². The van der Waals surface area contributed by atoms with Crippen LogP contribution in [0.4, 0.5) is 5.69 Å². The summed E-state index contributed by atoms with van der Waals surface area (Å²) in [6, 6.07) is 14.2. The van der Waals surface area contributed by atoms with Gasteiger partial charge in [-0.3, -0.25) is 0 Å². The van der Waals surface area contributed by atoms with Crippen LogP contribution in [0.3, 0.4) is 0 Å². The zero-order valence-electron chi connectivity index (χ0n) is 15.1. The maximum atomic E-state index is 5.47. The zero-order chi connectivity index (χ0) is 18.9. The molecule has 0 bridgehead atoms. The summed E-state index contributed by atoms with van der Waals surface area (Å²) in [6.07, 6.45) is 5.76. The average molecular weight is 436 g/mol. The second kappa shape index (κ2) is 7.33. The van der Waals surface area contributed by atoms with Crippen LogP contribution in [0, 0.1) is 0 Å². The Labute approximate surface area is 170 Å². The molecule has 1 saturated heterocycles. The molecule has 0 unspecified atom stereocenters. The van der Waals surface area contributed by atoms with Gasteiger partial charge in [0, 0.05) is 18.5 Å².